The Hall–Kier alpha value is -2.05. The summed E-state index contributed by atoms with van der Waals surface area (Å²) >= 11 is 6.20. The SMILES string of the molecule is CCc1cccc(C)c1NC(=O)[C@H](CC)N(c1ccc(C)c(Cl)c1)S(C)(=O)=O. The third-order valence-electron chi connectivity index (χ3n) is 4.73. The van der Waals surface area contributed by atoms with E-state index in [0.717, 1.165) is 39.4 Å². The molecule has 2 rings (SSSR count). The number of anilines is 2. The van der Waals surface area contributed by atoms with Crippen LogP contribution in [0, 0.1) is 13.8 Å². The molecule has 0 bridgehead atoms. The van der Waals surface area contributed by atoms with Gasteiger partial charge in [-0.15, -0.1) is 0 Å². The number of rotatable bonds is 7. The van der Waals surface area contributed by atoms with Crippen molar-refractivity contribution >= 4 is 38.9 Å². The second kappa shape index (κ2) is 8.97. The Balaban J connectivity index is 2.47. The summed E-state index contributed by atoms with van der Waals surface area (Å²) in [6.07, 6.45) is 2.18. The maximum absolute atomic E-state index is 13.1. The average Bonchev–Trinajstić information content (AvgIpc) is 2.62. The number of carbonyl (C=O) groups is 1. The van der Waals surface area contributed by atoms with E-state index < -0.39 is 16.1 Å². The molecule has 1 atom stereocenters. The fourth-order valence-corrected chi connectivity index (χ4v) is 4.57. The second-order valence-electron chi connectivity index (χ2n) is 6.87. The molecule has 0 spiro atoms. The summed E-state index contributed by atoms with van der Waals surface area (Å²) in [5, 5.41) is 3.40. The highest BCUT2D eigenvalue weighted by molar-refractivity contribution is 7.92. The predicted molar refractivity (Wildman–Crippen MR) is 117 cm³/mol. The highest BCUT2D eigenvalue weighted by atomic mass is 35.5. The van der Waals surface area contributed by atoms with Gasteiger partial charge in [0.25, 0.3) is 0 Å². The molecule has 2 aromatic carbocycles. The minimum absolute atomic E-state index is 0.317. The average molecular weight is 423 g/mol. The van der Waals surface area contributed by atoms with Crippen LogP contribution in [0.1, 0.15) is 37.0 Å². The summed E-state index contributed by atoms with van der Waals surface area (Å²) in [6, 6.07) is 9.93. The van der Waals surface area contributed by atoms with Gasteiger partial charge in [0, 0.05) is 10.7 Å². The normalized spacial score (nSPS) is 12.5. The minimum atomic E-state index is -3.71. The molecule has 0 heterocycles. The van der Waals surface area contributed by atoms with Crippen LogP contribution in [0.4, 0.5) is 11.4 Å². The lowest BCUT2D eigenvalue weighted by Gasteiger charge is -2.30. The fourth-order valence-electron chi connectivity index (χ4n) is 3.19. The fraction of sp³-hybridized carbons (Fsp3) is 0.381. The lowest BCUT2D eigenvalue weighted by atomic mass is 10.0. The van der Waals surface area contributed by atoms with Crippen LogP contribution in [0.15, 0.2) is 36.4 Å². The standard InChI is InChI=1S/C21H27ClN2O3S/c1-6-16-10-8-9-15(4)20(16)23-21(25)19(7-2)24(28(5,26)27)17-12-11-14(3)18(22)13-17/h8-13,19H,6-7H2,1-5H3,(H,23,25)/t19-/m0/s1. The molecule has 0 aromatic heterocycles. The maximum Gasteiger partial charge on any atom is 0.248 e. The molecule has 0 radical (unpaired) electrons. The molecule has 0 saturated carbocycles. The lowest BCUT2D eigenvalue weighted by Crippen LogP contribution is -2.47. The van der Waals surface area contributed by atoms with Crippen molar-refractivity contribution in [2.75, 3.05) is 15.9 Å². The number of hydrogen-bond donors (Lipinski definition) is 1. The summed E-state index contributed by atoms with van der Waals surface area (Å²) in [5.74, 6) is -0.367. The topological polar surface area (TPSA) is 66.5 Å². The molecule has 0 aliphatic heterocycles. The molecular formula is C21H27ClN2O3S. The summed E-state index contributed by atoms with van der Waals surface area (Å²) in [4.78, 5) is 13.1. The number of hydrogen-bond acceptors (Lipinski definition) is 3. The Labute approximate surface area is 172 Å². The van der Waals surface area contributed by atoms with Crippen LogP contribution in [0.5, 0.6) is 0 Å². The monoisotopic (exact) mass is 422 g/mol. The molecule has 0 aliphatic rings. The first kappa shape index (κ1) is 22.2. The van der Waals surface area contributed by atoms with Gasteiger partial charge >= 0.3 is 0 Å². The molecule has 0 saturated heterocycles. The van der Waals surface area contributed by atoms with Gasteiger partial charge in [-0.1, -0.05) is 49.7 Å². The van der Waals surface area contributed by atoms with E-state index in [1.54, 1.807) is 25.1 Å². The molecule has 2 aromatic rings. The number of nitrogens with one attached hydrogen (secondary N) is 1. The molecule has 1 amide bonds. The Morgan fingerprint density at radius 2 is 1.82 bits per heavy atom. The largest absolute Gasteiger partial charge is 0.324 e. The quantitative estimate of drug-likeness (QED) is 0.703. The zero-order valence-corrected chi connectivity index (χ0v) is 18.5. The van der Waals surface area contributed by atoms with Crippen molar-refractivity contribution in [3.05, 3.63) is 58.1 Å². The number of benzene rings is 2. The molecule has 0 aliphatic carbocycles. The highest BCUT2D eigenvalue weighted by Gasteiger charge is 2.32. The molecule has 1 N–H and O–H groups in total. The number of sulfonamides is 1. The second-order valence-corrected chi connectivity index (χ2v) is 9.13. The molecule has 28 heavy (non-hydrogen) atoms. The van der Waals surface area contributed by atoms with Crippen molar-refractivity contribution in [1.82, 2.24) is 0 Å². The zero-order chi connectivity index (χ0) is 21.1. The van der Waals surface area contributed by atoms with E-state index in [1.807, 2.05) is 39.0 Å². The highest BCUT2D eigenvalue weighted by Crippen LogP contribution is 2.29. The van der Waals surface area contributed by atoms with Crippen LogP contribution in [0.25, 0.3) is 0 Å². The van der Waals surface area contributed by atoms with Gasteiger partial charge in [0.15, 0.2) is 0 Å². The predicted octanol–water partition coefficient (Wildman–Crippen LogP) is 4.70. The van der Waals surface area contributed by atoms with E-state index in [1.165, 1.54) is 0 Å². The molecule has 5 nitrogen and oxygen atoms in total. The number of amides is 1. The van der Waals surface area contributed by atoms with Crippen LogP contribution in [-0.2, 0) is 21.2 Å². The van der Waals surface area contributed by atoms with Crippen LogP contribution in [-0.4, -0.2) is 26.6 Å². The summed E-state index contributed by atoms with van der Waals surface area (Å²) in [6.45, 7) is 7.56. The number of para-hydroxylation sites is 1. The number of nitrogens with zero attached hydrogens (tertiary/aromatic N) is 1. The first-order valence-electron chi connectivity index (χ1n) is 9.25. The minimum Gasteiger partial charge on any atom is -0.324 e. The van der Waals surface area contributed by atoms with E-state index in [0.29, 0.717) is 17.1 Å². The van der Waals surface area contributed by atoms with Crippen molar-refractivity contribution in [2.45, 2.75) is 46.6 Å². The van der Waals surface area contributed by atoms with Gasteiger partial charge in [-0.25, -0.2) is 8.42 Å². The number of halogens is 1. The van der Waals surface area contributed by atoms with E-state index in [4.69, 9.17) is 11.6 Å². The first-order valence-corrected chi connectivity index (χ1v) is 11.5. The van der Waals surface area contributed by atoms with E-state index in [-0.39, 0.29) is 5.91 Å². The van der Waals surface area contributed by atoms with Crippen LogP contribution in [0.2, 0.25) is 5.02 Å². The van der Waals surface area contributed by atoms with Gasteiger partial charge in [-0.05, 0) is 55.5 Å². The van der Waals surface area contributed by atoms with Gasteiger partial charge in [-0.3, -0.25) is 9.10 Å². The Morgan fingerprint density at radius 3 is 2.36 bits per heavy atom. The van der Waals surface area contributed by atoms with Gasteiger partial charge in [0.2, 0.25) is 15.9 Å². The van der Waals surface area contributed by atoms with E-state index >= 15 is 0 Å². The van der Waals surface area contributed by atoms with Crippen LogP contribution in [0.3, 0.4) is 0 Å². The van der Waals surface area contributed by atoms with Crippen molar-refractivity contribution in [3.8, 4) is 0 Å². The maximum atomic E-state index is 13.1. The Bertz CT molecular complexity index is 974. The smallest absolute Gasteiger partial charge is 0.248 e. The van der Waals surface area contributed by atoms with Crippen molar-refractivity contribution < 1.29 is 13.2 Å². The third kappa shape index (κ3) is 4.86. The van der Waals surface area contributed by atoms with Gasteiger partial charge in [0.05, 0.1) is 11.9 Å². The summed E-state index contributed by atoms with van der Waals surface area (Å²) < 4.78 is 26.3. The lowest BCUT2D eigenvalue weighted by molar-refractivity contribution is -0.117. The number of aryl methyl sites for hydroxylation is 3. The van der Waals surface area contributed by atoms with Crippen molar-refractivity contribution in [3.63, 3.8) is 0 Å². The Kier molecular flexibility index (Phi) is 7.12. The van der Waals surface area contributed by atoms with E-state index in [9.17, 15) is 13.2 Å². The van der Waals surface area contributed by atoms with E-state index in [2.05, 4.69) is 5.32 Å². The molecule has 0 fully saturated rings. The molecular weight excluding hydrogens is 396 g/mol. The van der Waals surface area contributed by atoms with Gasteiger partial charge in [-0.2, -0.15) is 0 Å². The van der Waals surface area contributed by atoms with Crippen LogP contribution >= 0.6 is 11.6 Å². The summed E-state index contributed by atoms with van der Waals surface area (Å²) in [5.41, 5.74) is 3.90. The Morgan fingerprint density at radius 1 is 1.14 bits per heavy atom. The van der Waals surface area contributed by atoms with Gasteiger partial charge < -0.3 is 5.32 Å². The molecule has 0 unspecified atom stereocenters. The van der Waals surface area contributed by atoms with Crippen molar-refractivity contribution in [2.24, 2.45) is 0 Å². The summed E-state index contributed by atoms with van der Waals surface area (Å²) in [7, 11) is -3.71. The molecule has 7 heteroatoms. The number of carbonyl (C=O) groups excluding carboxylic acids is 1. The first-order chi connectivity index (χ1) is 13.1. The van der Waals surface area contributed by atoms with Crippen LogP contribution < -0.4 is 9.62 Å². The van der Waals surface area contributed by atoms with Gasteiger partial charge in [0.1, 0.15) is 6.04 Å². The third-order valence-corrected chi connectivity index (χ3v) is 6.31. The van der Waals surface area contributed by atoms with Crippen molar-refractivity contribution in [1.29, 1.82) is 0 Å². The molecule has 152 valence electrons. The zero-order valence-electron chi connectivity index (χ0n) is 16.9.